The molecular weight excluding hydrogens is 241 g/mol. The van der Waals surface area contributed by atoms with Crippen molar-refractivity contribution in [2.75, 3.05) is 6.54 Å². The van der Waals surface area contributed by atoms with E-state index in [4.69, 9.17) is 28.9 Å². The lowest BCUT2D eigenvalue weighted by Gasteiger charge is -2.23. The lowest BCUT2D eigenvalue weighted by atomic mass is 9.85. The Morgan fingerprint density at radius 2 is 1.94 bits per heavy atom. The van der Waals surface area contributed by atoms with Crippen molar-refractivity contribution in [2.24, 2.45) is 11.7 Å². The first kappa shape index (κ1) is 12.2. The van der Waals surface area contributed by atoms with E-state index in [9.17, 15) is 0 Å². The van der Waals surface area contributed by atoms with Crippen molar-refractivity contribution < 1.29 is 0 Å². The Morgan fingerprint density at radius 3 is 2.56 bits per heavy atom. The van der Waals surface area contributed by atoms with Gasteiger partial charge in [-0.15, -0.1) is 0 Å². The zero-order chi connectivity index (χ0) is 11.5. The Morgan fingerprint density at radius 1 is 1.25 bits per heavy atom. The van der Waals surface area contributed by atoms with Crippen LogP contribution in [0.2, 0.25) is 10.0 Å². The van der Waals surface area contributed by atoms with Crippen LogP contribution in [0.15, 0.2) is 18.2 Å². The van der Waals surface area contributed by atoms with Gasteiger partial charge in [0.25, 0.3) is 0 Å². The summed E-state index contributed by atoms with van der Waals surface area (Å²) >= 11 is 12.3. The molecule has 1 fully saturated rings. The van der Waals surface area contributed by atoms with Crippen molar-refractivity contribution in [1.82, 2.24) is 0 Å². The van der Waals surface area contributed by atoms with Gasteiger partial charge in [0.15, 0.2) is 0 Å². The van der Waals surface area contributed by atoms with Gasteiger partial charge in [-0.1, -0.05) is 48.2 Å². The molecule has 2 rings (SSSR count). The molecule has 1 nitrogen and oxygen atoms in total. The summed E-state index contributed by atoms with van der Waals surface area (Å²) in [7, 11) is 0. The summed E-state index contributed by atoms with van der Waals surface area (Å²) in [6.07, 6.45) is 5.17. The molecule has 0 heterocycles. The first-order valence-electron chi connectivity index (χ1n) is 5.88. The van der Waals surface area contributed by atoms with Gasteiger partial charge in [-0.05, 0) is 36.9 Å². The van der Waals surface area contributed by atoms with Gasteiger partial charge < -0.3 is 5.73 Å². The zero-order valence-electron chi connectivity index (χ0n) is 9.26. The summed E-state index contributed by atoms with van der Waals surface area (Å²) in [5, 5.41) is 1.32. The molecule has 0 saturated heterocycles. The molecule has 2 N–H and O–H groups in total. The van der Waals surface area contributed by atoms with E-state index in [1.165, 1.54) is 25.7 Å². The van der Waals surface area contributed by atoms with E-state index in [2.05, 4.69) is 6.07 Å². The van der Waals surface area contributed by atoms with E-state index in [0.717, 1.165) is 5.56 Å². The first-order valence-corrected chi connectivity index (χ1v) is 6.63. The average Bonchev–Trinajstić information content (AvgIpc) is 2.79. The van der Waals surface area contributed by atoms with E-state index < -0.39 is 0 Å². The molecule has 3 heteroatoms. The summed E-state index contributed by atoms with van der Waals surface area (Å²) < 4.78 is 0. The summed E-state index contributed by atoms with van der Waals surface area (Å²) in [4.78, 5) is 0. The largest absolute Gasteiger partial charge is 0.330 e. The van der Waals surface area contributed by atoms with Crippen LogP contribution in [0.25, 0.3) is 0 Å². The summed E-state index contributed by atoms with van der Waals surface area (Å²) in [6.45, 7) is 0.657. The molecule has 88 valence electrons. The Labute approximate surface area is 107 Å². The number of halogens is 2. The van der Waals surface area contributed by atoms with Crippen LogP contribution in [0.3, 0.4) is 0 Å². The first-order chi connectivity index (χ1) is 7.74. The minimum absolute atomic E-state index is 0.369. The highest BCUT2D eigenvalue weighted by atomic mass is 35.5. The standard InChI is InChI=1S/C13H17Cl2N/c14-12-7-3-6-10(13(12)15)11(8-16)9-4-1-2-5-9/h3,6-7,9,11H,1-2,4-5,8,16H2. The highest BCUT2D eigenvalue weighted by molar-refractivity contribution is 6.42. The normalized spacial score (nSPS) is 18.9. The van der Waals surface area contributed by atoms with E-state index in [1.807, 2.05) is 12.1 Å². The molecule has 0 aromatic heterocycles. The Hall–Kier alpha value is -0.240. The highest BCUT2D eigenvalue weighted by Gasteiger charge is 2.27. The molecular formula is C13H17Cl2N. The maximum absolute atomic E-state index is 6.26. The molecule has 1 aromatic rings. The number of hydrogen-bond acceptors (Lipinski definition) is 1. The van der Waals surface area contributed by atoms with Gasteiger partial charge in [-0.3, -0.25) is 0 Å². The van der Waals surface area contributed by atoms with Crippen LogP contribution in [-0.4, -0.2) is 6.54 Å². The Kier molecular flexibility index (Phi) is 4.12. The quantitative estimate of drug-likeness (QED) is 0.862. The lowest BCUT2D eigenvalue weighted by Crippen LogP contribution is -2.20. The van der Waals surface area contributed by atoms with Crippen molar-refractivity contribution in [2.45, 2.75) is 31.6 Å². The van der Waals surface area contributed by atoms with Gasteiger partial charge in [0.05, 0.1) is 10.0 Å². The monoisotopic (exact) mass is 257 g/mol. The molecule has 0 aliphatic heterocycles. The molecule has 0 amide bonds. The van der Waals surface area contributed by atoms with Crippen LogP contribution in [-0.2, 0) is 0 Å². The topological polar surface area (TPSA) is 26.0 Å². The molecule has 1 aliphatic carbocycles. The zero-order valence-corrected chi connectivity index (χ0v) is 10.8. The molecule has 1 aromatic carbocycles. The molecule has 0 radical (unpaired) electrons. The van der Waals surface area contributed by atoms with Crippen molar-refractivity contribution >= 4 is 23.2 Å². The maximum Gasteiger partial charge on any atom is 0.0627 e. The van der Waals surface area contributed by atoms with Crippen LogP contribution >= 0.6 is 23.2 Å². The molecule has 1 atom stereocenters. The number of nitrogens with two attached hydrogens (primary N) is 1. The minimum Gasteiger partial charge on any atom is -0.330 e. The van der Waals surface area contributed by atoms with Crippen molar-refractivity contribution in [3.8, 4) is 0 Å². The van der Waals surface area contributed by atoms with Gasteiger partial charge in [-0.25, -0.2) is 0 Å². The van der Waals surface area contributed by atoms with Crippen LogP contribution in [0.1, 0.15) is 37.2 Å². The van der Waals surface area contributed by atoms with E-state index >= 15 is 0 Å². The fourth-order valence-corrected chi connectivity index (χ4v) is 3.19. The number of benzene rings is 1. The molecule has 1 aliphatic rings. The van der Waals surface area contributed by atoms with Crippen molar-refractivity contribution in [1.29, 1.82) is 0 Å². The van der Waals surface area contributed by atoms with Gasteiger partial charge in [0, 0.05) is 5.92 Å². The number of hydrogen-bond donors (Lipinski definition) is 1. The Balaban J connectivity index is 2.28. The fraction of sp³-hybridized carbons (Fsp3) is 0.538. The van der Waals surface area contributed by atoms with E-state index in [1.54, 1.807) is 0 Å². The minimum atomic E-state index is 0.369. The van der Waals surface area contributed by atoms with Crippen LogP contribution < -0.4 is 5.73 Å². The van der Waals surface area contributed by atoms with Crippen LogP contribution in [0.4, 0.5) is 0 Å². The highest BCUT2D eigenvalue weighted by Crippen LogP contribution is 2.40. The molecule has 1 unspecified atom stereocenters. The number of rotatable bonds is 3. The summed E-state index contributed by atoms with van der Waals surface area (Å²) in [5.41, 5.74) is 7.03. The van der Waals surface area contributed by atoms with Gasteiger partial charge in [0.1, 0.15) is 0 Å². The van der Waals surface area contributed by atoms with Gasteiger partial charge in [-0.2, -0.15) is 0 Å². The molecule has 0 bridgehead atoms. The second-order valence-electron chi connectivity index (χ2n) is 4.53. The lowest BCUT2D eigenvalue weighted by molar-refractivity contribution is 0.440. The molecule has 1 saturated carbocycles. The predicted octanol–water partition coefficient (Wildman–Crippen LogP) is 4.23. The smallest absolute Gasteiger partial charge is 0.0627 e. The molecule has 16 heavy (non-hydrogen) atoms. The SMILES string of the molecule is NCC(c1cccc(Cl)c1Cl)C1CCCC1. The Bertz CT molecular complexity index is 359. The summed E-state index contributed by atoms with van der Waals surface area (Å²) in [5.74, 6) is 1.05. The molecule has 0 spiro atoms. The van der Waals surface area contributed by atoms with Crippen LogP contribution in [0.5, 0.6) is 0 Å². The fourth-order valence-electron chi connectivity index (χ4n) is 2.74. The van der Waals surface area contributed by atoms with Crippen molar-refractivity contribution in [3.05, 3.63) is 33.8 Å². The second-order valence-corrected chi connectivity index (χ2v) is 5.31. The maximum atomic E-state index is 6.26. The second kappa shape index (κ2) is 5.39. The third-order valence-electron chi connectivity index (χ3n) is 3.60. The average molecular weight is 258 g/mol. The van der Waals surface area contributed by atoms with E-state index in [0.29, 0.717) is 28.4 Å². The van der Waals surface area contributed by atoms with Gasteiger partial charge >= 0.3 is 0 Å². The van der Waals surface area contributed by atoms with Crippen molar-refractivity contribution in [3.63, 3.8) is 0 Å². The van der Waals surface area contributed by atoms with Gasteiger partial charge in [0.2, 0.25) is 0 Å². The van der Waals surface area contributed by atoms with E-state index in [-0.39, 0.29) is 0 Å². The third kappa shape index (κ3) is 2.37. The van der Waals surface area contributed by atoms with Crippen LogP contribution in [0, 0.1) is 5.92 Å². The third-order valence-corrected chi connectivity index (χ3v) is 4.44. The predicted molar refractivity (Wildman–Crippen MR) is 70.2 cm³/mol. The summed E-state index contributed by atoms with van der Waals surface area (Å²) in [6, 6.07) is 5.85.